The molecule has 1 atom stereocenters. The summed E-state index contributed by atoms with van der Waals surface area (Å²) >= 11 is 0. The van der Waals surface area contributed by atoms with Crippen molar-refractivity contribution in [1.29, 1.82) is 0 Å². The fourth-order valence-electron chi connectivity index (χ4n) is 5.15. The molecule has 36 heavy (non-hydrogen) atoms. The Morgan fingerprint density at radius 1 is 1.03 bits per heavy atom. The summed E-state index contributed by atoms with van der Waals surface area (Å²) in [4.78, 5) is 31.6. The predicted molar refractivity (Wildman–Crippen MR) is 139 cm³/mol. The van der Waals surface area contributed by atoms with E-state index in [-0.39, 0.29) is 23.2 Å². The topological polar surface area (TPSA) is 72.2 Å². The van der Waals surface area contributed by atoms with Gasteiger partial charge in [0.25, 0.3) is 5.91 Å². The van der Waals surface area contributed by atoms with E-state index in [0.29, 0.717) is 23.1 Å². The molecular weight excluding hydrogens is 456 g/mol. The van der Waals surface area contributed by atoms with Crippen LogP contribution in [0.2, 0.25) is 0 Å². The van der Waals surface area contributed by atoms with Gasteiger partial charge < -0.3 is 18.8 Å². The van der Waals surface area contributed by atoms with E-state index in [9.17, 15) is 9.59 Å². The van der Waals surface area contributed by atoms with Crippen LogP contribution in [-0.2, 0) is 11.2 Å². The van der Waals surface area contributed by atoms with Crippen molar-refractivity contribution in [2.24, 2.45) is 0 Å². The highest BCUT2D eigenvalue weighted by atomic mass is 16.5. The molecule has 0 radical (unpaired) electrons. The van der Waals surface area contributed by atoms with Crippen molar-refractivity contribution in [3.63, 3.8) is 0 Å². The number of aryl methyl sites for hydroxylation is 1. The summed E-state index contributed by atoms with van der Waals surface area (Å²) < 4.78 is 17.4. The Hall–Kier alpha value is -3.16. The van der Waals surface area contributed by atoms with E-state index < -0.39 is 6.04 Å². The molecule has 3 aromatic rings. The first-order chi connectivity index (χ1) is 17.5. The van der Waals surface area contributed by atoms with E-state index >= 15 is 0 Å². The summed E-state index contributed by atoms with van der Waals surface area (Å²) in [6.07, 6.45) is 1.69. The van der Waals surface area contributed by atoms with Gasteiger partial charge in [0, 0.05) is 26.2 Å². The van der Waals surface area contributed by atoms with Gasteiger partial charge in [0.15, 0.2) is 5.43 Å². The van der Waals surface area contributed by atoms with Crippen molar-refractivity contribution in [2.75, 3.05) is 39.4 Å². The van der Waals surface area contributed by atoms with Gasteiger partial charge >= 0.3 is 0 Å². The van der Waals surface area contributed by atoms with Gasteiger partial charge in [0.1, 0.15) is 11.3 Å². The number of carbonyl (C=O) groups excluding carboxylic acids is 1. The van der Waals surface area contributed by atoms with Crippen LogP contribution in [0.15, 0.2) is 51.7 Å². The minimum absolute atomic E-state index is 0.0625. The van der Waals surface area contributed by atoms with Gasteiger partial charge in [0.2, 0.25) is 5.76 Å². The van der Waals surface area contributed by atoms with Crippen LogP contribution in [0.3, 0.4) is 0 Å². The number of nitrogens with zero attached hydrogens (tertiary/aromatic N) is 2. The molecule has 0 bridgehead atoms. The van der Waals surface area contributed by atoms with Crippen LogP contribution in [0, 0.1) is 0 Å². The number of rotatable bonds is 8. The monoisotopic (exact) mass is 490 g/mol. The van der Waals surface area contributed by atoms with E-state index in [1.807, 2.05) is 50.2 Å². The maximum atomic E-state index is 13.8. The minimum atomic E-state index is -0.490. The van der Waals surface area contributed by atoms with Gasteiger partial charge in [-0.1, -0.05) is 25.1 Å². The molecular formula is C29H34N2O5. The standard InChI is InChI=1S/C29H34N2O5/c1-4-20-6-11-24-23(18-20)27(32)25-26(21-7-9-22(10-8-21)35-19(2)3)31(29(33)28(25)36-24)13-5-12-30-14-16-34-17-15-30/h6-11,18-19,26H,4-5,12-17H2,1-3H3. The highest BCUT2D eigenvalue weighted by molar-refractivity contribution is 5.99. The Bertz CT molecular complexity index is 1290. The number of carbonyl (C=O) groups is 1. The van der Waals surface area contributed by atoms with Gasteiger partial charge in [-0.15, -0.1) is 0 Å². The third-order valence-corrected chi connectivity index (χ3v) is 6.98. The van der Waals surface area contributed by atoms with Crippen molar-refractivity contribution in [3.05, 3.63) is 75.1 Å². The average molecular weight is 491 g/mol. The van der Waals surface area contributed by atoms with Crippen LogP contribution in [0.4, 0.5) is 0 Å². The molecule has 0 aliphatic carbocycles. The fourth-order valence-corrected chi connectivity index (χ4v) is 5.15. The van der Waals surface area contributed by atoms with E-state index in [2.05, 4.69) is 11.8 Å². The minimum Gasteiger partial charge on any atom is -0.491 e. The predicted octanol–water partition coefficient (Wildman–Crippen LogP) is 4.41. The van der Waals surface area contributed by atoms with Gasteiger partial charge in [-0.05, 0) is 62.1 Å². The quantitative estimate of drug-likeness (QED) is 0.466. The highest BCUT2D eigenvalue weighted by Crippen LogP contribution is 2.38. The van der Waals surface area contributed by atoms with Crippen molar-refractivity contribution >= 4 is 16.9 Å². The zero-order valence-electron chi connectivity index (χ0n) is 21.3. The molecule has 2 aliphatic heterocycles. The smallest absolute Gasteiger partial charge is 0.290 e. The zero-order chi connectivity index (χ0) is 25.2. The summed E-state index contributed by atoms with van der Waals surface area (Å²) in [6, 6.07) is 12.9. The number of amides is 1. The van der Waals surface area contributed by atoms with E-state index in [1.54, 1.807) is 11.0 Å². The Morgan fingerprint density at radius 3 is 2.47 bits per heavy atom. The van der Waals surface area contributed by atoms with E-state index in [0.717, 1.165) is 62.6 Å². The molecule has 1 unspecified atom stereocenters. The van der Waals surface area contributed by atoms with Crippen LogP contribution in [0.5, 0.6) is 5.75 Å². The van der Waals surface area contributed by atoms with Crippen molar-refractivity contribution < 1.29 is 18.7 Å². The summed E-state index contributed by atoms with van der Waals surface area (Å²) in [5, 5.41) is 0.529. The number of hydrogen-bond acceptors (Lipinski definition) is 6. The van der Waals surface area contributed by atoms with Crippen LogP contribution < -0.4 is 10.2 Å². The lowest BCUT2D eigenvalue weighted by Crippen LogP contribution is -2.38. The lowest BCUT2D eigenvalue weighted by Gasteiger charge is -2.29. The molecule has 1 fully saturated rings. The molecule has 0 N–H and O–H groups in total. The first kappa shape index (κ1) is 24.5. The Morgan fingerprint density at radius 2 is 1.78 bits per heavy atom. The average Bonchev–Trinajstić information content (AvgIpc) is 3.16. The fraction of sp³-hybridized carbons (Fsp3) is 0.448. The van der Waals surface area contributed by atoms with Crippen molar-refractivity contribution in [3.8, 4) is 5.75 Å². The number of hydrogen-bond donors (Lipinski definition) is 0. The number of fused-ring (bicyclic) bond motifs is 2. The molecule has 7 nitrogen and oxygen atoms in total. The first-order valence-corrected chi connectivity index (χ1v) is 12.9. The summed E-state index contributed by atoms with van der Waals surface area (Å²) in [7, 11) is 0. The van der Waals surface area contributed by atoms with Crippen molar-refractivity contribution in [1.82, 2.24) is 9.80 Å². The van der Waals surface area contributed by atoms with Crippen LogP contribution in [-0.4, -0.2) is 61.2 Å². The second kappa shape index (κ2) is 10.4. The number of benzene rings is 2. The maximum absolute atomic E-state index is 13.8. The Balaban J connectivity index is 1.52. The molecule has 2 aromatic carbocycles. The molecule has 7 heteroatoms. The Kier molecular flexibility index (Phi) is 7.12. The van der Waals surface area contributed by atoms with Gasteiger partial charge in [-0.2, -0.15) is 0 Å². The maximum Gasteiger partial charge on any atom is 0.290 e. The molecule has 1 aromatic heterocycles. The lowest BCUT2D eigenvalue weighted by atomic mass is 9.97. The second-order valence-electron chi connectivity index (χ2n) is 9.80. The number of morpholine rings is 1. The zero-order valence-corrected chi connectivity index (χ0v) is 21.3. The largest absolute Gasteiger partial charge is 0.491 e. The lowest BCUT2D eigenvalue weighted by molar-refractivity contribution is 0.0353. The molecule has 1 saturated heterocycles. The van der Waals surface area contributed by atoms with Crippen LogP contribution >= 0.6 is 0 Å². The van der Waals surface area contributed by atoms with Crippen LogP contribution in [0.25, 0.3) is 11.0 Å². The first-order valence-electron chi connectivity index (χ1n) is 12.9. The third-order valence-electron chi connectivity index (χ3n) is 6.98. The van der Waals surface area contributed by atoms with E-state index in [1.165, 1.54) is 0 Å². The van der Waals surface area contributed by atoms with Gasteiger partial charge in [-0.25, -0.2) is 0 Å². The number of ether oxygens (including phenoxy) is 2. The van der Waals surface area contributed by atoms with Crippen molar-refractivity contribution in [2.45, 2.75) is 45.8 Å². The SMILES string of the molecule is CCc1ccc2oc3c(c(=O)c2c1)C(c1ccc(OC(C)C)cc1)N(CCCN1CCOCC1)C3=O. The van der Waals surface area contributed by atoms with Gasteiger partial charge in [-0.3, -0.25) is 14.5 Å². The van der Waals surface area contributed by atoms with Gasteiger partial charge in [0.05, 0.1) is 36.3 Å². The normalized spacial score (nSPS) is 18.3. The summed E-state index contributed by atoms with van der Waals surface area (Å²) in [6.45, 7) is 10.7. The van der Waals surface area contributed by atoms with Crippen LogP contribution in [0.1, 0.15) is 60.5 Å². The molecule has 0 spiro atoms. The molecule has 5 rings (SSSR count). The Labute approximate surface area is 211 Å². The van der Waals surface area contributed by atoms with E-state index in [4.69, 9.17) is 13.9 Å². The molecule has 190 valence electrons. The highest BCUT2D eigenvalue weighted by Gasteiger charge is 2.42. The molecule has 3 heterocycles. The molecule has 1 amide bonds. The third kappa shape index (κ3) is 4.77. The summed E-state index contributed by atoms with van der Waals surface area (Å²) in [5.74, 6) is 0.698. The molecule has 2 aliphatic rings. The molecule has 0 saturated carbocycles. The second-order valence-corrected chi connectivity index (χ2v) is 9.80. The summed E-state index contributed by atoms with van der Waals surface area (Å²) in [5.41, 5.74) is 2.71.